The number of anilines is 1. The molecule has 9 nitrogen and oxygen atoms in total. The number of amides is 2. The summed E-state index contributed by atoms with van der Waals surface area (Å²) >= 11 is 0. The summed E-state index contributed by atoms with van der Waals surface area (Å²) in [5.74, 6) is -0.509. The largest absolute Gasteiger partial charge is 0.480 e. The van der Waals surface area contributed by atoms with Gasteiger partial charge in [-0.15, -0.1) is 5.10 Å². The molecule has 3 rings (SSSR count). The number of nitrogens with zero attached hydrogens (tertiary/aromatic N) is 5. The lowest BCUT2D eigenvalue weighted by Gasteiger charge is -2.23. The van der Waals surface area contributed by atoms with Crippen LogP contribution in [0.1, 0.15) is 19.3 Å². The van der Waals surface area contributed by atoms with Crippen LogP contribution in [0.5, 0.6) is 0 Å². The quantitative estimate of drug-likeness (QED) is 0.783. The second-order valence-electron chi connectivity index (χ2n) is 5.32. The molecule has 1 aromatic rings. The van der Waals surface area contributed by atoms with Crippen LogP contribution in [0.2, 0.25) is 0 Å². The van der Waals surface area contributed by atoms with Crippen LogP contribution >= 0.6 is 0 Å². The number of tetrazole rings is 1. The molecule has 9 heteroatoms. The SMILES string of the molecule is Cn1nnc(NC(=O)N2CC3CCCC3C2C(=O)O)n1. The van der Waals surface area contributed by atoms with E-state index in [1.54, 1.807) is 7.05 Å². The van der Waals surface area contributed by atoms with E-state index in [9.17, 15) is 14.7 Å². The lowest BCUT2D eigenvalue weighted by atomic mass is 9.94. The molecule has 1 aliphatic heterocycles. The highest BCUT2D eigenvalue weighted by atomic mass is 16.4. The van der Waals surface area contributed by atoms with Gasteiger partial charge < -0.3 is 10.0 Å². The molecule has 2 amide bonds. The molecule has 3 atom stereocenters. The number of hydrogen-bond donors (Lipinski definition) is 2. The first-order valence-electron chi connectivity index (χ1n) is 6.60. The van der Waals surface area contributed by atoms with Crippen LogP contribution in [0.3, 0.4) is 0 Å². The number of urea groups is 1. The van der Waals surface area contributed by atoms with E-state index in [4.69, 9.17) is 0 Å². The molecule has 0 aromatic carbocycles. The minimum absolute atomic E-state index is 0.0630. The molecule has 0 bridgehead atoms. The first kappa shape index (κ1) is 12.8. The molecule has 0 radical (unpaired) electrons. The Labute approximate surface area is 114 Å². The maximum Gasteiger partial charge on any atom is 0.326 e. The second-order valence-corrected chi connectivity index (χ2v) is 5.32. The molecule has 0 spiro atoms. The Bertz CT molecular complexity index is 544. The predicted octanol–water partition coefficient (Wildman–Crippen LogP) is -0.0729. The summed E-state index contributed by atoms with van der Waals surface area (Å²) in [6.07, 6.45) is 2.90. The van der Waals surface area contributed by atoms with Crippen LogP contribution in [0.15, 0.2) is 0 Å². The highest BCUT2D eigenvalue weighted by molar-refractivity contribution is 5.91. The van der Waals surface area contributed by atoms with Gasteiger partial charge in [-0.25, -0.2) is 9.59 Å². The predicted molar refractivity (Wildman–Crippen MR) is 66.8 cm³/mol. The van der Waals surface area contributed by atoms with Gasteiger partial charge in [-0.05, 0) is 29.9 Å². The van der Waals surface area contributed by atoms with Gasteiger partial charge >= 0.3 is 12.0 Å². The van der Waals surface area contributed by atoms with E-state index in [0.717, 1.165) is 19.3 Å². The average Bonchev–Trinajstić information content (AvgIpc) is 3.02. The third-order valence-electron chi connectivity index (χ3n) is 4.13. The number of likely N-dealkylation sites (tertiary alicyclic amines) is 1. The van der Waals surface area contributed by atoms with Crippen molar-refractivity contribution in [1.29, 1.82) is 0 Å². The molecule has 2 heterocycles. The van der Waals surface area contributed by atoms with Gasteiger partial charge in [0.15, 0.2) is 0 Å². The zero-order valence-corrected chi connectivity index (χ0v) is 11.1. The Morgan fingerprint density at radius 1 is 1.40 bits per heavy atom. The summed E-state index contributed by atoms with van der Waals surface area (Å²) in [6, 6.07) is -1.22. The van der Waals surface area contributed by atoms with Crippen molar-refractivity contribution in [1.82, 2.24) is 25.1 Å². The highest BCUT2D eigenvalue weighted by Gasteiger charge is 2.49. The van der Waals surface area contributed by atoms with Crippen LogP contribution in [0.25, 0.3) is 0 Å². The van der Waals surface area contributed by atoms with Crippen LogP contribution in [0.4, 0.5) is 10.7 Å². The number of carboxylic acids is 1. The van der Waals surface area contributed by atoms with E-state index >= 15 is 0 Å². The molecule has 1 aliphatic carbocycles. The summed E-state index contributed by atoms with van der Waals surface area (Å²) in [7, 11) is 1.59. The van der Waals surface area contributed by atoms with Gasteiger partial charge in [0.1, 0.15) is 6.04 Å². The van der Waals surface area contributed by atoms with E-state index in [-0.39, 0.29) is 17.8 Å². The van der Waals surface area contributed by atoms with Crippen molar-refractivity contribution in [2.24, 2.45) is 18.9 Å². The van der Waals surface area contributed by atoms with Crippen molar-refractivity contribution in [2.45, 2.75) is 25.3 Å². The summed E-state index contributed by atoms with van der Waals surface area (Å²) in [6.45, 7) is 0.480. The number of carbonyl (C=O) groups is 2. The van der Waals surface area contributed by atoms with Crippen molar-refractivity contribution >= 4 is 17.9 Å². The smallest absolute Gasteiger partial charge is 0.326 e. The van der Waals surface area contributed by atoms with Crippen molar-refractivity contribution in [2.75, 3.05) is 11.9 Å². The number of fused-ring (bicyclic) bond motifs is 1. The molecule has 1 saturated carbocycles. The topological polar surface area (TPSA) is 113 Å². The number of rotatable bonds is 2. The second kappa shape index (κ2) is 4.73. The number of carbonyl (C=O) groups excluding carboxylic acids is 1. The summed E-state index contributed by atoms with van der Waals surface area (Å²) in [5.41, 5.74) is 0. The summed E-state index contributed by atoms with van der Waals surface area (Å²) in [5, 5.41) is 23.0. The van der Waals surface area contributed by atoms with E-state index in [2.05, 4.69) is 20.7 Å². The molecular weight excluding hydrogens is 264 g/mol. The number of nitrogens with one attached hydrogen (secondary N) is 1. The molecule has 2 fully saturated rings. The standard InChI is InChI=1S/C11H16N6O3/c1-16-14-10(13-15-16)12-11(20)17-5-6-3-2-4-7(6)8(17)9(18)19/h6-8H,2-5H2,1H3,(H,18,19)(H,12,14,20). The summed E-state index contributed by atoms with van der Waals surface area (Å²) < 4.78 is 0. The van der Waals surface area contributed by atoms with Crippen molar-refractivity contribution in [3.8, 4) is 0 Å². The van der Waals surface area contributed by atoms with Crippen LogP contribution in [-0.4, -0.2) is 54.8 Å². The summed E-state index contributed by atoms with van der Waals surface area (Å²) in [4.78, 5) is 26.3. The minimum atomic E-state index is -0.943. The molecular formula is C11H16N6O3. The molecule has 2 aliphatic rings. The lowest BCUT2D eigenvalue weighted by molar-refractivity contribution is -0.142. The van der Waals surface area contributed by atoms with Crippen molar-refractivity contribution < 1.29 is 14.7 Å². The third kappa shape index (κ3) is 2.08. The Hall–Kier alpha value is -2.19. The molecule has 108 valence electrons. The number of aromatic nitrogens is 4. The number of aliphatic carboxylic acids is 1. The van der Waals surface area contributed by atoms with E-state index in [1.807, 2.05) is 0 Å². The van der Waals surface area contributed by atoms with Gasteiger partial charge in [-0.2, -0.15) is 4.80 Å². The highest BCUT2D eigenvalue weighted by Crippen LogP contribution is 2.42. The van der Waals surface area contributed by atoms with Gasteiger partial charge in [0.2, 0.25) is 0 Å². The Kier molecular flexibility index (Phi) is 3.03. The van der Waals surface area contributed by atoms with Crippen LogP contribution in [0, 0.1) is 11.8 Å². The minimum Gasteiger partial charge on any atom is -0.480 e. The normalized spacial score (nSPS) is 28.4. The Morgan fingerprint density at radius 2 is 2.20 bits per heavy atom. The zero-order chi connectivity index (χ0) is 14.3. The number of aryl methyl sites for hydroxylation is 1. The van der Waals surface area contributed by atoms with Crippen LogP contribution < -0.4 is 5.32 Å². The molecule has 20 heavy (non-hydrogen) atoms. The van der Waals surface area contributed by atoms with Gasteiger partial charge in [0.05, 0.1) is 7.05 Å². The fraction of sp³-hybridized carbons (Fsp3) is 0.727. The lowest BCUT2D eigenvalue weighted by Crippen LogP contribution is -2.45. The van der Waals surface area contributed by atoms with E-state index in [1.165, 1.54) is 9.70 Å². The maximum absolute atomic E-state index is 12.2. The van der Waals surface area contributed by atoms with Crippen molar-refractivity contribution in [3.05, 3.63) is 0 Å². The zero-order valence-electron chi connectivity index (χ0n) is 11.1. The third-order valence-corrected chi connectivity index (χ3v) is 4.13. The first-order chi connectivity index (χ1) is 9.56. The molecule has 3 unspecified atom stereocenters. The van der Waals surface area contributed by atoms with Gasteiger partial charge in [-0.3, -0.25) is 5.32 Å². The fourth-order valence-corrected chi connectivity index (χ4v) is 3.33. The molecule has 2 N–H and O–H groups in total. The van der Waals surface area contributed by atoms with Crippen molar-refractivity contribution in [3.63, 3.8) is 0 Å². The monoisotopic (exact) mass is 280 g/mol. The van der Waals surface area contributed by atoms with E-state index < -0.39 is 18.0 Å². The fourth-order valence-electron chi connectivity index (χ4n) is 3.33. The Morgan fingerprint density at radius 3 is 2.85 bits per heavy atom. The van der Waals surface area contributed by atoms with E-state index in [0.29, 0.717) is 6.54 Å². The Balaban J connectivity index is 1.75. The van der Waals surface area contributed by atoms with Gasteiger partial charge in [0.25, 0.3) is 5.95 Å². The average molecular weight is 280 g/mol. The van der Waals surface area contributed by atoms with Gasteiger partial charge in [0, 0.05) is 6.54 Å². The number of carboxylic acid groups (broad SMARTS) is 1. The molecule has 1 saturated heterocycles. The van der Waals surface area contributed by atoms with Gasteiger partial charge in [-0.1, -0.05) is 11.5 Å². The molecule has 1 aromatic heterocycles. The first-order valence-corrected chi connectivity index (χ1v) is 6.60. The maximum atomic E-state index is 12.2. The van der Waals surface area contributed by atoms with Crippen LogP contribution in [-0.2, 0) is 11.8 Å². The number of hydrogen-bond acceptors (Lipinski definition) is 5.